The van der Waals surface area contributed by atoms with Gasteiger partial charge < -0.3 is 14.2 Å². The quantitative estimate of drug-likeness (QED) is 0.835. The first-order valence-corrected chi connectivity index (χ1v) is 7.30. The first-order chi connectivity index (χ1) is 10.7. The summed E-state index contributed by atoms with van der Waals surface area (Å²) >= 11 is 0. The molecule has 1 fully saturated rings. The first kappa shape index (κ1) is 14.9. The van der Waals surface area contributed by atoms with Crippen molar-refractivity contribution < 1.29 is 13.7 Å². The van der Waals surface area contributed by atoms with E-state index < -0.39 is 0 Å². The third kappa shape index (κ3) is 4.02. The predicted octanol–water partition coefficient (Wildman–Crippen LogP) is 1.54. The summed E-state index contributed by atoms with van der Waals surface area (Å²) in [5.74, 6) is 1.38. The molecule has 1 aromatic carbocycles. The lowest BCUT2D eigenvalue weighted by Crippen LogP contribution is -2.43. The van der Waals surface area contributed by atoms with E-state index in [0.29, 0.717) is 24.0 Å². The van der Waals surface area contributed by atoms with Crippen molar-refractivity contribution in [3.8, 4) is 5.75 Å². The number of piperazine rings is 1. The van der Waals surface area contributed by atoms with E-state index in [1.165, 1.54) is 12.1 Å². The second kappa shape index (κ2) is 6.85. The van der Waals surface area contributed by atoms with E-state index in [9.17, 15) is 4.39 Å². The predicted molar refractivity (Wildman–Crippen MR) is 77.8 cm³/mol. The summed E-state index contributed by atoms with van der Waals surface area (Å²) < 4.78 is 23.5. The summed E-state index contributed by atoms with van der Waals surface area (Å²) in [4.78, 5) is 8.91. The second-order valence-corrected chi connectivity index (χ2v) is 5.43. The number of aromatic nitrogens is 2. The topological polar surface area (TPSA) is 54.6 Å². The maximum atomic E-state index is 12.8. The van der Waals surface area contributed by atoms with Crippen LogP contribution in [0.5, 0.6) is 5.75 Å². The van der Waals surface area contributed by atoms with Gasteiger partial charge in [-0.2, -0.15) is 4.98 Å². The summed E-state index contributed by atoms with van der Waals surface area (Å²) in [5, 5.41) is 3.91. The number of ether oxygens (including phenoxy) is 1. The molecule has 1 aliphatic rings. The van der Waals surface area contributed by atoms with Crippen LogP contribution in [-0.4, -0.2) is 53.2 Å². The fourth-order valence-corrected chi connectivity index (χ4v) is 2.29. The summed E-state index contributed by atoms with van der Waals surface area (Å²) in [6.45, 7) is 4.97. The lowest BCUT2D eigenvalue weighted by molar-refractivity contribution is 0.135. The molecule has 2 aromatic rings. The first-order valence-electron chi connectivity index (χ1n) is 7.30. The Morgan fingerprint density at radius 2 is 1.91 bits per heavy atom. The Balaban J connectivity index is 1.49. The van der Waals surface area contributed by atoms with Gasteiger partial charge in [0.1, 0.15) is 11.6 Å². The Bertz CT molecular complexity index is 594. The highest BCUT2D eigenvalue weighted by Gasteiger charge is 2.17. The molecule has 0 radical (unpaired) electrons. The molecule has 22 heavy (non-hydrogen) atoms. The molecule has 0 bridgehead atoms. The van der Waals surface area contributed by atoms with Crippen molar-refractivity contribution in [2.45, 2.75) is 13.2 Å². The standard InChI is InChI=1S/C15H19FN4O2/c1-19-6-8-20(9-7-19)10-15-17-14(18-22-15)11-21-13-4-2-12(16)3-5-13/h2-5H,6-11H2,1H3. The van der Waals surface area contributed by atoms with Crippen LogP contribution in [0.1, 0.15) is 11.7 Å². The Morgan fingerprint density at radius 1 is 1.18 bits per heavy atom. The molecule has 1 aliphatic heterocycles. The Morgan fingerprint density at radius 3 is 2.64 bits per heavy atom. The van der Waals surface area contributed by atoms with E-state index >= 15 is 0 Å². The maximum Gasteiger partial charge on any atom is 0.240 e. The summed E-state index contributed by atoms with van der Waals surface area (Å²) in [6.07, 6.45) is 0. The van der Waals surface area contributed by atoms with Crippen molar-refractivity contribution in [1.29, 1.82) is 0 Å². The van der Waals surface area contributed by atoms with Gasteiger partial charge in [-0.15, -0.1) is 0 Å². The van der Waals surface area contributed by atoms with Gasteiger partial charge in [0.25, 0.3) is 0 Å². The third-order valence-corrected chi connectivity index (χ3v) is 3.65. The number of nitrogens with zero attached hydrogens (tertiary/aromatic N) is 4. The fourth-order valence-electron chi connectivity index (χ4n) is 2.29. The SMILES string of the molecule is CN1CCN(Cc2nc(COc3ccc(F)cc3)no2)CC1. The van der Waals surface area contributed by atoms with Crippen molar-refractivity contribution in [1.82, 2.24) is 19.9 Å². The average molecular weight is 306 g/mol. The number of hydrogen-bond donors (Lipinski definition) is 0. The van der Waals surface area contributed by atoms with Crippen LogP contribution in [0.15, 0.2) is 28.8 Å². The largest absolute Gasteiger partial charge is 0.485 e. The fraction of sp³-hybridized carbons (Fsp3) is 0.467. The average Bonchev–Trinajstić information content (AvgIpc) is 2.97. The zero-order valence-electron chi connectivity index (χ0n) is 12.5. The Kier molecular flexibility index (Phi) is 4.65. The molecule has 0 saturated carbocycles. The molecule has 3 rings (SSSR count). The molecule has 1 aromatic heterocycles. The van der Waals surface area contributed by atoms with Crippen LogP contribution in [0.4, 0.5) is 4.39 Å². The van der Waals surface area contributed by atoms with Crippen LogP contribution >= 0.6 is 0 Å². The van der Waals surface area contributed by atoms with E-state index in [2.05, 4.69) is 27.0 Å². The monoisotopic (exact) mass is 306 g/mol. The van der Waals surface area contributed by atoms with Crippen molar-refractivity contribution >= 4 is 0 Å². The van der Waals surface area contributed by atoms with Gasteiger partial charge in [0, 0.05) is 26.2 Å². The van der Waals surface area contributed by atoms with E-state index in [1.807, 2.05) is 0 Å². The number of halogens is 1. The lowest BCUT2D eigenvalue weighted by atomic mass is 10.3. The molecule has 7 heteroatoms. The van der Waals surface area contributed by atoms with Gasteiger partial charge in [-0.05, 0) is 31.3 Å². The minimum atomic E-state index is -0.290. The van der Waals surface area contributed by atoms with Gasteiger partial charge in [0.2, 0.25) is 11.7 Å². The molecule has 0 atom stereocenters. The van der Waals surface area contributed by atoms with Crippen molar-refractivity contribution in [3.05, 3.63) is 41.8 Å². The molecular formula is C15H19FN4O2. The number of rotatable bonds is 5. The lowest BCUT2D eigenvalue weighted by Gasteiger charge is -2.31. The molecule has 0 unspecified atom stereocenters. The van der Waals surface area contributed by atoms with Gasteiger partial charge in [0.15, 0.2) is 6.61 Å². The zero-order valence-corrected chi connectivity index (χ0v) is 12.5. The van der Waals surface area contributed by atoms with Gasteiger partial charge >= 0.3 is 0 Å². The van der Waals surface area contributed by atoms with Crippen LogP contribution in [-0.2, 0) is 13.2 Å². The van der Waals surface area contributed by atoms with E-state index in [-0.39, 0.29) is 12.4 Å². The second-order valence-electron chi connectivity index (χ2n) is 5.43. The van der Waals surface area contributed by atoms with Crippen molar-refractivity contribution in [2.75, 3.05) is 33.2 Å². The van der Waals surface area contributed by atoms with E-state index in [1.54, 1.807) is 12.1 Å². The molecule has 0 amide bonds. The molecule has 2 heterocycles. The summed E-state index contributed by atoms with van der Waals surface area (Å²) in [5.41, 5.74) is 0. The zero-order chi connectivity index (χ0) is 15.4. The minimum Gasteiger partial charge on any atom is -0.485 e. The third-order valence-electron chi connectivity index (χ3n) is 3.65. The van der Waals surface area contributed by atoms with Crippen LogP contribution in [0.3, 0.4) is 0 Å². The van der Waals surface area contributed by atoms with Gasteiger partial charge in [0.05, 0.1) is 6.54 Å². The molecule has 118 valence electrons. The number of hydrogen-bond acceptors (Lipinski definition) is 6. The molecule has 6 nitrogen and oxygen atoms in total. The summed E-state index contributed by atoms with van der Waals surface area (Å²) in [6, 6.07) is 5.84. The Hall–Kier alpha value is -1.99. The van der Waals surface area contributed by atoms with Crippen LogP contribution in [0, 0.1) is 5.82 Å². The number of likely N-dealkylation sites (N-methyl/N-ethyl adjacent to an activating group) is 1. The van der Waals surface area contributed by atoms with Crippen molar-refractivity contribution in [3.63, 3.8) is 0 Å². The number of benzene rings is 1. The van der Waals surface area contributed by atoms with E-state index in [0.717, 1.165) is 26.2 Å². The smallest absolute Gasteiger partial charge is 0.240 e. The highest BCUT2D eigenvalue weighted by Crippen LogP contribution is 2.13. The molecule has 0 aliphatic carbocycles. The van der Waals surface area contributed by atoms with Crippen LogP contribution < -0.4 is 4.74 Å². The summed E-state index contributed by atoms with van der Waals surface area (Å²) in [7, 11) is 2.12. The van der Waals surface area contributed by atoms with E-state index in [4.69, 9.17) is 9.26 Å². The van der Waals surface area contributed by atoms with Gasteiger partial charge in [-0.25, -0.2) is 4.39 Å². The van der Waals surface area contributed by atoms with Crippen LogP contribution in [0.25, 0.3) is 0 Å². The Labute approximate surface area is 128 Å². The molecular weight excluding hydrogens is 287 g/mol. The molecule has 1 saturated heterocycles. The minimum absolute atomic E-state index is 0.206. The highest BCUT2D eigenvalue weighted by molar-refractivity contribution is 5.22. The van der Waals surface area contributed by atoms with Gasteiger partial charge in [-0.1, -0.05) is 5.16 Å². The van der Waals surface area contributed by atoms with Crippen molar-refractivity contribution in [2.24, 2.45) is 0 Å². The highest BCUT2D eigenvalue weighted by atomic mass is 19.1. The maximum absolute atomic E-state index is 12.8. The molecule has 0 spiro atoms. The van der Waals surface area contributed by atoms with Gasteiger partial charge in [-0.3, -0.25) is 4.90 Å². The van der Waals surface area contributed by atoms with Crippen LogP contribution in [0.2, 0.25) is 0 Å². The normalized spacial score (nSPS) is 16.8. The molecule has 0 N–H and O–H groups in total.